The molecule has 0 aliphatic rings. The van der Waals surface area contributed by atoms with Crippen LogP contribution in [0, 0.1) is 11.8 Å². The van der Waals surface area contributed by atoms with E-state index >= 15 is 0 Å². The van der Waals surface area contributed by atoms with Gasteiger partial charge in [-0.3, -0.25) is 0 Å². The Bertz CT molecular complexity index is 332. The number of carbonyl (C=O) groups is 1. The van der Waals surface area contributed by atoms with Crippen molar-refractivity contribution in [2.24, 2.45) is 11.8 Å². The van der Waals surface area contributed by atoms with E-state index in [1.54, 1.807) is 0 Å². The van der Waals surface area contributed by atoms with Gasteiger partial charge in [-0.2, -0.15) is 0 Å². The predicted octanol–water partition coefficient (Wildman–Crippen LogP) is 5.49. The van der Waals surface area contributed by atoms with E-state index in [-0.39, 0.29) is 5.97 Å². The number of hydrogen-bond acceptors (Lipinski definition) is 3. The third-order valence-corrected chi connectivity index (χ3v) is 14.8. The Hall–Kier alpha value is -0.396. The molecule has 0 atom stereocenters. The Labute approximate surface area is 139 Å². The van der Waals surface area contributed by atoms with Crippen molar-refractivity contribution in [2.75, 3.05) is 0 Å². The largest absolute Gasteiger partial charge is 0.492 e. The second-order valence-electron chi connectivity index (χ2n) is 7.08. The molecule has 0 aliphatic heterocycles. The maximum absolute atomic E-state index is 12.0. The van der Waals surface area contributed by atoms with E-state index in [1.807, 2.05) is 0 Å². The summed E-state index contributed by atoms with van der Waals surface area (Å²) in [6.45, 7) is 18.9. The molecule has 0 rings (SSSR count). The lowest BCUT2D eigenvalue weighted by molar-refractivity contribution is -0.130. The van der Waals surface area contributed by atoms with E-state index in [9.17, 15) is 4.79 Å². The molecule has 22 heavy (non-hydrogen) atoms. The van der Waals surface area contributed by atoms with Crippen LogP contribution in [0.3, 0.4) is 0 Å². The van der Waals surface area contributed by atoms with Gasteiger partial charge in [-0.1, -0.05) is 55.0 Å². The van der Waals surface area contributed by atoms with Crippen molar-refractivity contribution in [3.05, 3.63) is 12.7 Å². The third kappa shape index (κ3) is 6.79. The molecule has 0 saturated heterocycles. The molecule has 0 aromatic heterocycles. The topological polar surface area (TPSA) is 35.5 Å². The molecule has 3 nitrogen and oxygen atoms in total. The van der Waals surface area contributed by atoms with Crippen LogP contribution in [0.4, 0.5) is 0 Å². The van der Waals surface area contributed by atoms with E-state index in [0.29, 0.717) is 11.8 Å². The highest BCUT2D eigenvalue weighted by Gasteiger charge is 2.48. The first kappa shape index (κ1) is 21.6. The molecule has 0 radical (unpaired) electrons. The summed E-state index contributed by atoms with van der Waals surface area (Å²) in [5.41, 5.74) is 0. The van der Waals surface area contributed by atoms with E-state index in [0.717, 1.165) is 30.2 Å². The SMILES string of the molecule is C=CC(=O)O[Si](CC(C)C)(CC(C)C)O[Si](CC)(CC)CC. The minimum atomic E-state index is -2.56. The first-order valence-corrected chi connectivity index (χ1v) is 13.5. The van der Waals surface area contributed by atoms with Gasteiger partial charge in [-0.05, 0) is 30.0 Å². The summed E-state index contributed by atoms with van der Waals surface area (Å²) in [4.78, 5) is 12.0. The van der Waals surface area contributed by atoms with Gasteiger partial charge in [0.05, 0.1) is 0 Å². The molecular formula is C17H36O3Si2. The zero-order chi connectivity index (χ0) is 17.4. The molecule has 0 unspecified atom stereocenters. The fourth-order valence-corrected chi connectivity index (χ4v) is 13.6. The third-order valence-electron chi connectivity index (χ3n) is 4.23. The lowest BCUT2D eigenvalue weighted by Gasteiger charge is -2.41. The zero-order valence-corrected chi connectivity index (χ0v) is 17.7. The van der Waals surface area contributed by atoms with E-state index in [2.05, 4.69) is 55.0 Å². The fourth-order valence-electron chi connectivity index (χ4n) is 3.10. The van der Waals surface area contributed by atoms with Crippen molar-refractivity contribution < 1.29 is 13.3 Å². The highest BCUT2D eigenvalue weighted by atomic mass is 28.4. The van der Waals surface area contributed by atoms with Crippen LogP contribution >= 0.6 is 0 Å². The molecule has 0 saturated carbocycles. The van der Waals surface area contributed by atoms with Gasteiger partial charge in [0.2, 0.25) is 0 Å². The smallest absolute Gasteiger partial charge is 0.392 e. The lowest BCUT2D eigenvalue weighted by atomic mass is 10.3. The molecule has 0 spiro atoms. The average molecular weight is 345 g/mol. The van der Waals surface area contributed by atoms with Gasteiger partial charge < -0.3 is 8.54 Å². The monoisotopic (exact) mass is 344 g/mol. The fraction of sp³-hybridized carbons (Fsp3) is 0.824. The van der Waals surface area contributed by atoms with Crippen molar-refractivity contribution in [1.29, 1.82) is 0 Å². The Balaban J connectivity index is 5.66. The first-order chi connectivity index (χ1) is 10.2. The van der Waals surface area contributed by atoms with Crippen LogP contribution in [0.25, 0.3) is 0 Å². The minimum Gasteiger partial charge on any atom is -0.492 e. The summed E-state index contributed by atoms with van der Waals surface area (Å²) < 4.78 is 12.8. The first-order valence-electron chi connectivity index (χ1n) is 8.73. The quantitative estimate of drug-likeness (QED) is 0.367. The van der Waals surface area contributed by atoms with Crippen molar-refractivity contribution in [3.8, 4) is 0 Å². The maximum atomic E-state index is 12.0. The van der Waals surface area contributed by atoms with E-state index in [1.165, 1.54) is 6.08 Å². The predicted molar refractivity (Wildman–Crippen MR) is 99.6 cm³/mol. The van der Waals surface area contributed by atoms with Crippen LogP contribution in [0.1, 0.15) is 48.5 Å². The van der Waals surface area contributed by atoms with Gasteiger partial charge in [0.25, 0.3) is 0 Å². The average Bonchev–Trinajstić information content (AvgIpc) is 2.43. The molecule has 0 aliphatic carbocycles. The Morgan fingerprint density at radius 2 is 1.41 bits per heavy atom. The van der Waals surface area contributed by atoms with Gasteiger partial charge in [-0.15, -0.1) is 0 Å². The number of carbonyl (C=O) groups excluding carboxylic acids is 1. The van der Waals surface area contributed by atoms with Gasteiger partial charge in [0.15, 0.2) is 8.32 Å². The van der Waals surface area contributed by atoms with Crippen LogP contribution < -0.4 is 0 Å². The van der Waals surface area contributed by atoms with Gasteiger partial charge in [-0.25, -0.2) is 4.79 Å². The summed E-state index contributed by atoms with van der Waals surface area (Å²) in [5.74, 6) is 0.597. The summed E-state index contributed by atoms with van der Waals surface area (Å²) in [6.07, 6.45) is 1.28. The lowest BCUT2D eigenvalue weighted by Crippen LogP contribution is -2.54. The molecule has 0 aromatic rings. The molecule has 0 heterocycles. The van der Waals surface area contributed by atoms with Gasteiger partial charge >= 0.3 is 14.5 Å². The van der Waals surface area contributed by atoms with Crippen LogP contribution in [0.5, 0.6) is 0 Å². The van der Waals surface area contributed by atoms with Crippen molar-refractivity contribution in [1.82, 2.24) is 0 Å². The summed E-state index contributed by atoms with van der Waals surface area (Å²) >= 11 is 0. The normalized spacial score (nSPS) is 12.8. The van der Waals surface area contributed by atoms with Crippen LogP contribution in [0.15, 0.2) is 12.7 Å². The second kappa shape index (κ2) is 9.68. The van der Waals surface area contributed by atoms with Crippen LogP contribution in [0.2, 0.25) is 30.2 Å². The molecular weight excluding hydrogens is 308 g/mol. The Kier molecular flexibility index (Phi) is 9.50. The minimum absolute atomic E-state index is 0.320. The highest BCUT2D eigenvalue weighted by Crippen LogP contribution is 2.35. The van der Waals surface area contributed by atoms with Crippen molar-refractivity contribution >= 4 is 22.8 Å². The maximum Gasteiger partial charge on any atom is 0.392 e. The van der Waals surface area contributed by atoms with Gasteiger partial charge in [0, 0.05) is 18.2 Å². The molecule has 0 N–H and O–H groups in total. The van der Waals surface area contributed by atoms with Crippen LogP contribution in [-0.2, 0) is 13.3 Å². The van der Waals surface area contributed by atoms with E-state index in [4.69, 9.17) is 8.54 Å². The zero-order valence-electron chi connectivity index (χ0n) is 15.7. The summed E-state index contributed by atoms with van der Waals surface area (Å²) in [7, 11) is -4.38. The molecule has 0 aromatic carbocycles. The standard InChI is InChI=1S/C17H36O3Si2/c1-9-17(18)19-22(13-15(5)6,14-16(7)8)20-21(10-2,11-3)12-4/h9,15-16H,1,10-14H2,2-8H3. The Morgan fingerprint density at radius 3 is 1.68 bits per heavy atom. The molecule has 0 fully saturated rings. The number of hydrogen-bond donors (Lipinski definition) is 0. The summed E-state index contributed by atoms with van der Waals surface area (Å²) in [6, 6.07) is 4.99. The molecule has 5 heteroatoms. The summed E-state index contributed by atoms with van der Waals surface area (Å²) in [5, 5.41) is 0. The molecule has 0 bridgehead atoms. The molecule has 130 valence electrons. The van der Waals surface area contributed by atoms with Crippen molar-refractivity contribution in [3.63, 3.8) is 0 Å². The Morgan fingerprint density at radius 1 is 1.00 bits per heavy atom. The number of rotatable bonds is 11. The van der Waals surface area contributed by atoms with Crippen molar-refractivity contribution in [2.45, 2.75) is 78.7 Å². The van der Waals surface area contributed by atoms with Crippen LogP contribution in [-0.4, -0.2) is 22.8 Å². The molecule has 0 amide bonds. The van der Waals surface area contributed by atoms with Gasteiger partial charge in [0.1, 0.15) is 0 Å². The van der Waals surface area contributed by atoms with E-state index < -0.39 is 16.9 Å². The second-order valence-corrected chi connectivity index (χ2v) is 15.2. The highest BCUT2D eigenvalue weighted by molar-refractivity contribution is 6.85.